The maximum Gasteiger partial charge on any atom is 0.128 e. The van der Waals surface area contributed by atoms with E-state index < -0.39 is 6.10 Å². The molecular weight excluding hydrogens is 272 g/mol. The molecule has 4 nitrogen and oxygen atoms in total. The minimum absolute atomic E-state index is 0.478. The molecule has 0 aliphatic carbocycles. The molecule has 2 N–H and O–H groups in total. The molecule has 0 saturated carbocycles. The second-order valence-corrected chi connectivity index (χ2v) is 5.53. The molecule has 0 aliphatic rings. The maximum absolute atomic E-state index is 10.0. The van der Waals surface area contributed by atoms with Gasteiger partial charge in [0.05, 0.1) is 18.9 Å². The molecule has 2 aromatic rings. The van der Waals surface area contributed by atoms with E-state index in [0.717, 1.165) is 28.1 Å². The Kier molecular flexibility index (Phi) is 5.11. The van der Waals surface area contributed by atoms with Crippen molar-refractivity contribution < 1.29 is 9.84 Å². The number of pyridine rings is 1. The number of aromatic nitrogens is 1. The van der Waals surface area contributed by atoms with E-state index in [2.05, 4.69) is 10.3 Å². The second kappa shape index (κ2) is 6.83. The molecule has 0 spiro atoms. The number of thiophene rings is 1. The number of ether oxygens (including phenoxy) is 1. The van der Waals surface area contributed by atoms with Crippen LogP contribution in [0.4, 0.5) is 0 Å². The summed E-state index contributed by atoms with van der Waals surface area (Å²) in [4.78, 5) is 4.42. The van der Waals surface area contributed by atoms with Crippen LogP contribution in [0.15, 0.2) is 23.0 Å². The van der Waals surface area contributed by atoms with Gasteiger partial charge in [0.15, 0.2) is 0 Å². The lowest BCUT2D eigenvalue weighted by atomic mass is 10.1. The topological polar surface area (TPSA) is 54.4 Å². The normalized spacial score (nSPS) is 12.4. The van der Waals surface area contributed by atoms with Gasteiger partial charge in [0, 0.05) is 30.4 Å². The summed E-state index contributed by atoms with van der Waals surface area (Å²) in [5, 5.41) is 17.2. The van der Waals surface area contributed by atoms with Crippen LogP contribution in [0.1, 0.15) is 28.5 Å². The van der Waals surface area contributed by atoms with Crippen LogP contribution < -0.4 is 10.1 Å². The lowest BCUT2D eigenvalue weighted by Crippen LogP contribution is -2.22. The smallest absolute Gasteiger partial charge is 0.128 e. The Bertz CT molecular complexity index is 555. The highest BCUT2D eigenvalue weighted by molar-refractivity contribution is 7.07. The molecule has 0 radical (unpaired) electrons. The fraction of sp³-hybridized carbons (Fsp3) is 0.400. The molecule has 0 amide bonds. The summed E-state index contributed by atoms with van der Waals surface area (Å²) in [5.41, 5.74) is 3.98. The summed E-state index contributed by atoms with van der Waals surface area (Å²) >= 11 is 1.59. The van der Waals surface area contributed by atoms with Gasteiger partial charge in [-0.2, -0.15) is 11.3 Å². The Balaban J connectivity index is 1.94. The number of nitrogens with one attached hydrogen (secondary N) is 1. The van der Waals surface area contributed by atoms with Gasteiger partial charge in [-0.3, -0.25) is 4.98 Å². The molecule has 2 heterocycles. The van der Waals surface area contributed by atoms with E-state index in [0.29, 0.717) is 13.1 Å². The number of methoxy groups -OCH3 is 1. The van der Waals surface area contributed by atoms with Gasteiger partial charge in [-0.05, 0) is 36.2 Å². The Morgan fingerprint density at radius 2 is 2.25 bits per heavy atom. The summed E-state index contributed by atoms with van der Waals surface area (Å²) < 4.78 is 5.39. The van der Waals surface area contributed by atoms with E-state index in [-0.39, 0.29) is 0 Å². The monoisotopic (exact) mass is 292 g/mol. The summed E-state index contributed by atoms with van der Waals surface area (Å²) in [5.74, 6) is 0.884. The average molecular weight is 292 g/mol. The fourth-order valence-electron chi connectivity index (χ4n) is 2.16. The Morgan fingerprint density at radius 1 is 1.45 bits per heavy atom. The number of rotatable bonds is 6. The molecule has 2 rings (SSSR count). The van der Waals surface area contributed by atoms with Crippen molar-refractivity contribution >= 4 is 11.3 Å². The van der Waals surface area contributed by atoms with Gasteiger partial charge < -0.3 is 15.2 Å². The third kappa shape index (κ3) is 3.36. The van der Waals surface area contributed by atoms with Crippen LogP contribution in [0.3, 0.4) is 0 Å². The number of aliphatic hydroxyl groups excluding tert-OH is 1. The molecule has 0 aromatic carbocycles. The van der Waals surface area contributed by atoms with Crippen molar-refractivity contribution in [3.8, 4) is 5.75 Å². The third-order valence-corrected chi connectivity index (χ3v) is 4.01. The molecule has 108 valence electrons. The SMILES string of the molecule is COc1c(C)cnc(CNCC(O)c2ccsc2)c1C. The highest BCUT2D eigenvalue weighted by Gasteiger charge is 2.11. The summed E-state index contributed by atoms with van der Waals surface area (Å²) in [6, 6.07) is 1.94. The van der Waals surface area contributed by atoms with Crippen LogP contribution in [0.5, 0.6) is 5.75 Å². The average Bonchev–Trinajstić information content (AvgIpc) is 2.96. The third-order valence-electron chi connectivity index (χ3n) is 3.31. The van der Waals surface area contributed by atoms with Gasteiger partial charge in [0.2, 0.25) is 0 Å². The second-order valence-electron chi connectivity index (χ2n) is 4.75. The molecule has 20 heavy (non-hydrogen) atoms. The van der Waals surface area contributed by atoms with E-state index >= 15 is 0 Å². The molecule has 5 heteroatoms. The highest BCUT2D eigenvalue weighted by Crippen LogP contribution is 2.24. The van der Waals surface area contributed by atoms with Crippen LogP contribution in [0.2, 0.25) is 0 Å². The largest absolute Gasteiger partial charge is 0.496 e. The quantitative estimate of drug-likeness (QED) is 0.859. The maximum atomic E-state index is 10.0. The van der Waals surface area contributed by atoms with E-state index in [4.69, 9.17) is 4.74 Å². The molecule has 2 aromatic heterocycles. The standard InChI is InChI=1S/C15H20N2O2S/c1-10-6-17-13(11(2)15(10)19-3)7-16-8-14(18)12-4-5-20-9-12/h4-6,9,14,16,18H,7-8H2,1-3H3. The highest BCUT2D eigenvalue weighted by atomic mass is 32.1. The Morgan fingerprint density at radius 3 is 2.90 bits per heavy atom. The lowest BCUT2D eigenvalue weighted by Gasteiger charge is -2.14. The van der Waals surface area contributed by atoms with Crippen molar-refractivity contribution in [3.05, 3.63) is 45.4 Å². The van der Waals surface area contributed by atoms with Gasteiger partial charge in [0.25, 0.3) is 0 Å². The molecular formula is C15H20N2O2S. The van der Waals surface area contributed by atoms with E-state index in [1.165, 1.54) is 0 Å². The summed E-state index contributed by atoms with van der Waals surface area (Å²) in [6.07, 6.45) is 1.34. The first-order valence-corrected chi connectivity index (χ1v) is 7.47. The fourth-order valence-corrected chi connectivity index (χ4v) is 2.87. The van der Waals surface area contributed by atoms with Crippen LogP contribution in [-0.4, -0.2) is 23.7 Å². The van der Waals surface area contributed by atoms with Crippen LogP contribution >= 0.6 is 11.3 Å². The minimum Gasteiger partial charge on any atom is -0.496 e. The number of hydrogen-bond donors (Lipinski definition) is 2. The number of nitrogens with zero attached hydrogens (tertiary/aromatic N) is 1. The van der Waals surface area contributed by atoms with E-state index in [9.17, 15) is 5.11 Å². The molecule has 1 atom stereocenters. The molecule has 1 unspecified atom stereocenters. The Labute approximate surface area is 123 Å². The zero-order chi connectivity index (χ0) is 14.5. The Hall–Kier alpha value is -1.43. The first-order chi connectivity index (χ1) is 9.63. The van der Waals surface area contributed by atoms with Gasteiger partial charge in [0.1, 0.15) is 5.75 Å². The van der Waals surface area contributed by atoms with E-state index in [1.54, 1.807) is 18.4 Å². The van der Waals surface area contributed by atoms with Gasteiger partial charge in [-0.1, -0.05) is 0 Å². The number of aliphatic hydroxyl groups is 1. The van der Waals surface area contributed by atoms with Crippen LogP contribution in [0.25, 0.3) is 0 Å². The number of hydrogen-bond acceptors (Lipinski definition) is 5. The lowest BCUT2D eigenvalue weighted by molar-refractivity contribution is 0.174. The molecule has 0 saturated heterocycles. The summed E-state index contributed by atoms with van der Waals surface area (Å²) in [7, 11) is 1.67. The predicted octanol–water partition coefficient (Wildman–Crippen LogP) is 2.59. The first-order valence-electron chi connectivity index (χ1n) is 6.53. The zero-order valence-corrected chi connectivity index (χ0v) is 12.8. The van der Waals surface area contributed by atoms with Crippen LogP contribution in [0, 0.1) is 13.8 Å². The molecule has 0 bridgehead atoms. The van der Waals surface area contributed by atoms with Crippen molar-refractivity contribution in [2.45, 2.75) is 26.5 Å². The van der Waals surface area contributed by atoms with Gasteiger partial charge in [-0.25, -0.2) is 0 Å². The van der Waals surface area contributed by atoms with E-state index in [1.807, 2.05) is 36.9 Å². The first kappa shape index (κ1) is 15.0. The summed E-state index contributed by atoms with van der Waals surface area (Å²) in [6.45, 7) is 5.11. The number of aryl methyl sites for hydroxylation is 1. The molecule has 0 fully saturated rings. The van der Waals surface area contributed by atoms with Gasteiger partial charge in [-0.15, -0.1) is 0 Å². The van der Waals surface area contributed by atoms with Crippen molar-refractivity contribution in [2.75, 3.05) is 13.7 Å². The van der Waals surface area contributed by atoms with Crippen molar-refractivity contribution in [3.63, 3.8) is 0 Å². The van der Waals surface area contributed by atoms with Crippen molar-refractivity contribution in [1.29, 1.82) is 0 Å². The van der Waals surface area contributed by atoms with Crippen LogP contribution in [-0.2, 0) is 6.54 Å². The van der Waals surface area contributed by atoms with Gasteiger partial charge >= 0.3 is 0 Å². The predicted molar refractivity (Wildman–Crippen MR) is 81.2 cm³/mol. The van der Waals surface area contributed by atoms with Crippen molar-refractivity contribution in [2.24, 2.45) is 0 Å². The van der Waals surface area contributed by atoms with Crippen molar-refractivity contribution in [1.82, 2.24) is 10.3 Å². The zero-order valence-electron chi connectivity index (χ0n) is 12.0. The molecule has 0 aliphatic heterocycles. The minimum atomic E-state index is -0.478.